The fourth-order valence-corrected chi connectivity index (χ4v) is 3.84. The van der Waals surface area contributed by atoms with Gasteiger partial charge in [-0.05, 0) is 55.1 Å². The van der Waals surface area contributed by atoms with Crippen LogP contribution in [0.3, 0.4) is 0 Å². The van der Waals surface area contributed by atoms with Crippen LogP contribution in [0.15, 0.2) is 24.3 Å². The standard InChI is InChI=1S/C18H27N/c1-13(2)14-7-9-17(10-8-14)19-12-16-11-15-5-3-4-6-18(15)16/h3-6,13-14,16-17,19H,7-12H2,1-2H3. The Kier molecular flexibility index (Phi) is 3.93. The predicted octanol–water partition coefficient (Wildman–Crippen LogP) is 4.13. The van der Waals surface area contributed by atoms with Gasteiger partial charge in [0.2, 0.25) is 0 Å². The second-order valence-electron chi connectivity index (χ2n) is 6.86. The Hall–Kier alpha value is -0.820. The van der Waals surface area contributed by atoms with Gasteiger partial charge in [-0.15, -0.1) is 0 Å². The highest BCUT2D eigenvalue weighted by Crippen LogP contribution is 2.35. The number of hydrogen-bond donors (Lipinski definition) is 1. The molecule has 1 saturated carbocycles. The van der Waals surface area contributed by atoms with Gasteiger partial charge in [-0.2, -0.15) is 0 Å². The molecule has 2 aliphatic rings. The highest BCUT2D eigenvalue weighted by atomic mass is 14.9. The zero-order chi connectivity index (χ0) is 13.2. The molecule has 0 aromatic heterocycles. The van der Waals surface area contributed by atoms with Crippen LogP contribution in [-0.4, -0.2) is 12.6 Å². The van der Waals surface area contributed by atoms with E-state index in [9.17, 15) is 0 Å². The summed E-state index contributed by atoms with van der Waals surface area (Å²) in [6.07, 6.45) is 6.91. The van der Waals surface area contributed by atoms with Gasteiger partial charge in [0.05, 0.1) is 0 Å². The molecule has 1 heteroatoms. The highest BCUT2D eigenvalue weighted by Gasteiger charge is 2.27. The van der Waals surface area contributed by atoms with Crippen LogP contribution in [0, 0.1) is 11.8 Å². The molecule has 0 amide bonds. The molecule has 1 aromatic carbocycles. The van der Waals surface area contributed by atoms with Crippen molar-refractivity contribution in [2.24, 2.45) is 11.8 Å². The average molecular weight is 257 g/mol. The zero-order valence-corrected chi connectivity index (χ0v) is 12.4. The molecule has 0 bridgehead atoms. The third-order valence-corrected chi connectivity index (χ3v) is 5.33. The van der Waals surface area contributed by atoms with E-state index in [0.717, 1.165) is 23.8 Å². The molecule has 0 radical (unpaired) electrons. The average Bonchev–Trinajstić information content (AvgIpc) is 2.40. The summed E-state index contributed by atoms with van der Waals surface area (Å²) < 4.78 is 0. The first-order valence-corrected chi connectivity index (χ1v) is 8.05. The fraction of sp³-hybridized carbons (Fsp3) is 0.667. The van der Waals surface area contributed by atoms with Gasteiger partial charge in [0.25, 0.3) is 0 Å². The second-order valence-corrected chi connectivity index (χ2v) is 6.86. The van der Waals surface area contributed by atoms with Crippen LogP contribution in [-0.2, 0) is 6.42 Å². The van der Waals surface area contributed by atoms with Crippen LogP contribution in [0.1, 0.15) is 56.6 Å². The van der Waals surface area contributed by atoms with Gasteiger partial charge in [-0.25, -0.2) is 0 Å². The summed E-state index contributed by atoms with van der Waals surface area (Å²) in [5.74, 6) is 2.63. The minimum Gasteiger partial charge on any atom is -0.313 e. The van der Waals surface area contributed by atoms with Gasteiger partial charge in [-0.3, -0.25) is 0 Å². The first kappa shape index (κ1) is 13.2. The normalized spacial score (nSPS) is 29.9. The van der Waals surface area contributed by atoms with Gasteiger partial charge in [-0.1, -0.05) is 38.1 Å². The van der Waals surface area contributed by atoms with Crippen LogP contribution < -0.4 is 5.32 Å². The Morgan fingerprint density at radius 3 is 2.53 bits per heavy atom. The topological polar surface area (TPSA) is 12.0 Å². The zero-order valence-electron chi connectivity index (χ0n) is 12.4. The molecule has 104 valence electrons. The van der Waals surface area contributed by atoms with Crippen LogP contribution in [0.4, 0.5) is 0 Å². The van der Waals surface area contributed by atoms with Crippen molar-refractivity contribution in [2.75, 3.05) is 6.54 Å². The molecule has 19 heavy (non-hydrogen) atoms. The van der Waals surface area contributed by atoms with Crippen LogP contribution in [0.5, 0.6) is 0 Å². The summed E-state index contributed by atoms with van der Waals surface area (Å²) in [4.78, 5) is 0. The summed E-state index contributed by atoms with van der Waals surface area (Å²) in [6, 6.07) is 9.71. The van der Waals surface area contributed by atoms with Gasteiger partial charge in [0.15, 0.2) is 0 Å². The molecule has 3 rings (SSSR count). The monoisotopic (exact) mass is 257 g/mol. The lowest BCUT2D eigenvalue weighted by atomic mass is 9.76. The molecule has 1 aromatic rings. The molecule has 1 N–H and O–H groups in total. The maximum atomic E-state index is 3.82. The molecule has 0 heterocycles. The minimum absolute atomic E-state index is 0.777. The largest absolute Gasteiger partial charge is 0.313 e. The summed E-state index contributed by atoms with van der Waals surface area (Å²) in [6.45, 7) is 5.95. The van der Waals surface area contributed by atoms with E-state index in [2.05, 4.69) is 43.4 Å². The second kappa shape index (κ2) is 5.66. The van der Waals surface area contributed by atoms with E-state index < -0.39 is 0 Å². The summed E-state index contributed by atoms with van der Waals surface area (Å²) in [5, 5.41) is 3.82. The Labute approximate surface area is 117 Å². The highest BCUT2D eigenvalue weighted by molar-refractivity contribution is 5.40. The number of nitrogens with one attached hydrogen (secondary N) is 1. The number of benzene rings is 1. The maximum Gasteiger partial charge on any atom is 0.00675 e. The van der Waals surface area contributed by atoms with Crippen molar-refractivity contribution in [3.8, 4) is 0 Å². The van der Waals surface area contributed by atoms with Crippen molar-refractivity contribution in [1.29, 1.82) is 0 Å². The van der Waals surface area contributed by atoms with Crippen LogP contribution in [0.2, 0.25) is 0 Å². The molecule has 1 atom stereocenters. The lowest BCUT2D eigenvalue weighted by Crippen LogP contribution is -2.38. The van der Waals surface area contributed by atoms with Crippen molar-refractivity contribution in [3.63, 3.8) is 0 Å². The van der Waals surface area contributed by atoms with E-state index in [1.165, 1.54) is 38.6 Å². The molecule has 2 aliphatic carbocycles. The Bertz CT molecular complexity index is 415. The Morgan fingerprint density at radius 1 is 1.11 bits per heavy atom. The molecule has 1 nitrogen and oxygen atoms in total. The molecular formula is C18H27N. The number of hydrogen-bond acceptors (Lipinski definition) is 1. The molecular weight excluding hydrogens is 230 g/mol. The SMILES string of the molecule is CC(C)C1CCC(NCC2Cc3ccccc32)CC1. The molecule has 0 aliphatic heterocycles. The first-order chi connectivity index (χ1) is 9.24. The fourth-order valence-electron chi connectivity index (χ4n) is 3.84. The van der Waals surface area contributed by atoms with E-state index >= 15 is 0 Å². The van der Waals surface area contributed by atoms with Crippen LogP contribution in [0.25, 0.3) is 0 Å². The van der Waals surface area contributed by atoms with Gasteiger partial charge in [0, 0.05) is 18.5 Å². The van der Waals surface area contributed by atoms with E-state index in [1.54, 1.807) is 11.1 Å². The maximum absolute atomic E-state index is 3.82. The van der Waals surface area contributed by atoms with Gasteiger partial charge in [0.1, 0.15) is 0 Å². The van der Waals surface area contributed by atoms with E-state index in [0.29, 0.717) is 0 Å². The summed E-state index contributed by atoms with van der Waals surface area (Å²) >= 11 is 0. The van der Waals surface area contributed by atoms with Crippen molar-refractivity contribution in [1.82, 2.24) is 5.32 Å². The van der Waals surface area contributed by atoms with Crippen molar-refractivity contribution >= 4 is 0 Å². The van der Waals surface area contributed by atoms with Gasteiger partial charge < -0.3 is 5.32 Å². The van der Waals surface area contributed by atoms with E-state index in [-0.39, 0.29) is 0 Å². The van der Waals surface area contributed by atoms with Crippen molar-refractivity contribution < 1.29 is 0 Å². The van der Waals surface area contributed by atoms with Crippen molar-refractivity contribution in [3.05, 3.63) is 35.4 Å². The minimum atomic E-state index is 0.777. The third-order valence-electron chi connectivity index (χ3n) is 5.33. The number of rotatable bonds is 4. The molecule has 1 unspecified atom stereocenters. The summed E-state index contributed by atoms with van der Waals surface area (Å²) in [7, 11) is 0. The van der Waals surface area contributed by atoms with Crippen LogP contribution >= 0.6 is 0 Å². The van der Waals surface area contributed by atoms with E-state index in [1.807, 2.05) is 0 Å². The molecule has 0 saturated heterocycles. The Balaban J connectivity index is 1.43. The van der Waals surface area contributed by atoms with E-state index in [4.69, 9.17) is 0 Å². The Morgan fingerprint density at radius 2 is 1.84 bits per heavy atom. The molecule has 0 spiro atoms. The quantitative estimate of drug-likeness (QED) is 0.855. The lowest BCUT2D eigenvalue weighted by molar-refractivity contribution is 0.236. The molecule has 1 fully saturated rings. The predicted molar refractivity (Wildman–Crippen MR) is 81.5 cm³/mol. The smallest absolute Gasteiger partial charge is 0.00675 e. The third kappa shape index (κ3) is 2.86. The summed E-state index contributed by atoms with van der Waals surface area (Å²) in [5.41, 5.74) is 3.16. The first-order valence-electron chi connectivity index (χ1n) is 8.05. The lowest BCUT2D eigenvalue weighted by Gasteiger charge is -2.35. The van der Waals surface area contributed by atoms with Crippen molar-refractivity contribution in [2.45, 2.75) is 57.9 Å². The number of fused-ring (bicyclic) bond motifs is 1. The van der Waals surface area contributed by atoms with Gasteiger partial charge >= 0.3 is 0 Å².